The molecule has 0 aliphatic rings. The summed E-state index contributed by atoms with van der Waals surface area (Å²) in [6.45, 7) is 0. The van der Waals surface area contributed by atoms with Gasteiger partial charge in [0, 0.05) is 10.6 Å². The van der Waals surface area contributed by atoms with E-state index in [9.17, 15) is 26.3 Å². The number of alkyl halides is 6. The largest absolute Gasteiger partial charge is 0.416 e. The lowest BCUT2D eigenvalue weighted by Crippen LogP contribution is -2.13. The monoisotopic (exact) mass is 405 g/mol. The SMILES string of the molecule is Nc1c(-c2ccc(Cl)cc2)cnn1-c1cc(C(F)(F)F)cc(C(F)(F)F)c1. The van der Waals surface area contributed by atoms with Crippen LogP contribution in [-0.2, 0) is 12.4 Å². The third-order valence-corrected chi connectivity index (χ3v) is 4.03. The highest BCUT2D eigenvalue weighted by Crippen LogP contribution is 2.38. The normalized spacial score (nSPS) is 12.4. The number of aromatic nitrogens is 2. The van der Waals surface area contributed by atoms with Crippen LogP contribution < -0.4 is 5.73 Å². The number of nitrogens with two attached hydrogens (primary N) is 1. The molecule has 1 aromatic heterocycles. The Hall–Kier alpha value is -2.68. The molecule has 142 valence electrons. The second-order valence-corrected chi connectivity index (χ2v) is 6.06. The lowest BCUT2D eigenvalue weighted by molar-refractivity contribution is -0.143. The molecule has 27 heavy (non-hydrogen) atoms. The van der Waals surface area contributed by atoms with Gasteiger partial charge in [0.25, 0.3) is 0 Å². The minimum absolute atomic E-state index is 0.0449. The first-order valence-electron chi connectivity index (χ1n) is 7.36. The van der Waals surface area contributed by atoms with Crippen LogP contribution in [0.1, 0.15) is 11.1 Å². The Labute approximate surface area is 154 Å². The molecule has 0 fully saturated rings. The van der Waals surface area contributed by atoms with Crippen LogP contribution in [0.25, 0.3) is 16.8 Å². The average molecular weight is 406 g/mol. The summed E-state index contributed by atoms with van der Waals surface area (Å²) in [7, 11) is 0. The molecule has 0 unspecified atom stereocenters. The van der Waals surface area contributed by atoms with Crippen molar-refractivity contribution in [3.8, 4) is 16.8 Å². The summed E-state index contributed by atoms with van der Waals surface area (Å²) in [6.07, 6.45) is -8.67. The van der Waals surface area contributed by atoms with E-state index >= 15 is 0 Å². The van der Waals surface area contributed by atoms with Gasteiger partial charge in [-0.3, -0.25) is 0 Å². The van der Waals surface area contributed by atoms with E-state index in [1.54, 1.807) is 24.3 Å². The number of rotatable bonds is 2. The number of benzene rings is 2. The Bertz CT molecular complexity index is 942. The highest BCUT2D eigenvalue weighted by Gasteiger charge is 2.37. The van der Waals surface area contributed by atoms with E-state index in [0.717, 1.165) is 4.68 Å². The topological polar surface area (TPSA) is 43.8 Å². The summed E-state index contributed by atoms with van der Waals surface area (Å²) < 4.78 is 78.9. The van der Waals surface area contributed by atoms with Crippen molar-refractivity contribution in [2.75, 3.05) is 5.73 Å². The first-order chi connectivity index (χ1) is 12.5. The number of anilines is 1. The Morgan fingerprint density at radius 1 is 0.852 bits per heavy atom. The predicted molar refractivity (Wildman–Crippen MR) is 88.4 cm³/mol. The van der Waals surface area contributed by atoms with Crippen LogP contribution in [0.5, 0.6) is 0 Å². The van der Waals surface area contributed by atoms with Gasteiger partial charge < -0.3 is 5.73 Å². The van der Waals surface area contributed by atoms with Crippen molar-refractivity contribution < 1.29 is 26.3 Å². The van der Waals surface area contributed by atoms with Crippen LogP contribution in [0.4, 0.5) is 32.2 Å². The molecule has 3 aromatic rings. The fraction of sp³-hybridized carbons (Fsp3) is 0.118. The molecular weight excluding hydrogens is 396 g/mol. The van der Waals surface area contributed by atoms with E-state index in [1.165, 1.54) is 6.20 Å². The highest BCUT2D eigenvalue weighted by atomic mass is 35.5. The summed E-state index contributed by atoms with van der Waals surface area (Å²) in [4.78, 5) is 0. The van der Waals surface area contributed by atoms with Crippen LogP contribution >= 0.6 is 11.6 Å². The molecule has 3 rings (SSSR count). The van der Waals surface area contributed by atoms with Crippen molar-refractivity contribution in [1.82, 2.24) is 9.78 Å². The Kier molecular flexibility index (Phi) is 4.59. The van der Waals surface area contributed by atoms with Crippen molar-refractivity contribution >= 4 is 17.4 Å². The van der Waals surface area contributed by atoms with Crippen LogP contribution in [0, 0.1) is 0 Å². The van der Waals surface area contributed by atoms with E-state index in [0.29, 0.717) is 28.3 Å². The number of hydrogen-bond acceptors (Lipinski definition) is 2. The molecule has 3 nitrogen and oxygen atoms in total. The second-order valence-electron chi connectivity index (χ2n) is 5.63. The zero-order valence-corrected chi connectivity index (χ0v) is 14.0. The first-order valence-corrected chi connectivity index (χ1v) is 7.74. The van der Waals surface area contributed by atoms with E-state index in [2.05, 4.69) is 5.10 Å². The van der Waals surface area contributed by atoms with Crippen LogP contribution in [0.2, 0.25) is 5.02 Å². The fourth-order valence-corrected chi connectivity index (χ4v) is 2.60. The summed E-state index contributed by atoms with van der Waals surface area (Å²) in [6, 6.07) is 7.51. The van der Waals surface area contributed by atoms with Gasteiger partial charge in [0.2, 0.25) is 0 Å². The molecule has 2 N–H and O–H groups in total. The Morgan fingerprint density at radius 2 is 1.37 bits per heavy atom. The number of halogens is 7. The average Bonchev–Trinajstić information content (AvgIpc) is 2.95. The number of nitrogens with zero attached hydrogens (tertiary/aromatic N) is 2. The number of hydrogen-bond donors (Lipinski definition) is 1. The molecule has 10 heteroatoms. The molecule has 0 radical (unpaired) electrons. The first kappa shape index (κ1) is 19.1. The van der Waals surface area contributed by atoms with E-state index in [4.69, 9.17) is 17.3 Å². The van der Waals surface area contributed by atoms with Gasteiger partial charge in [-0.1, -0.05) is 23.7 Å². The molecule has 0 atom stereocenters. The molecule has 0 amide bonds. The quantitative estimate of drug-likeness (QED) is 0.546. The molecule has 0 saturated heterocycles. The van der Waals surface area contributed by atoms with Gasteiger partial charge >= 0.3 is 12.4 Å². The molecule has 2 aromatic carbocycles. The zero-order chi connectivity index (χ0) is 20.0. The third kappa shape index (κ3) is 3.87. The van der Waals surface area contributed by atoms with Crippen LogP contribution in [0.15, 0.2) is 48.7 Å². The summed E-state index contributed by atoms with van der Waals surface area (Å²) in [5.74, 6) is -0.107. The molecule has 0 aliphatic heterocycles. The van der Waals surface area contributed by atoms with E-state index in [-0.39, 0.29) is 11.9 Å². The highest BCUT2D eigenvalue weighted by molar-refractivity contribution is 6.30. The lowest BCUT2D eigenvalue weighted by atomic mass is 10.1. The molecule has 0 bridgehead atoms. The molecule has 1 heterocycles. The van der Waals surface area contributed by atoms with Gasteiger partial charge in [0.05, 0.1) is 23.0 Å². The minimum Gasteiger partial charge on any atom is -0.383 e. The third-order valence-electron chi connectivity index (χ3n) is 3.78. The number of nitrogen functional groups attached to an aromatic ring is 1. The van der Waals surface area contributed by atoms with Crippen molar-refractivity contribution in [2.45, 2.75) is 12.4 Å². The predicted octanol–water partition coefficient (Wildman–Crippen LogP) is 5.81. The van der Waals surface area contributed by atoms with Crippen molar-refractivity contribution in [3.63, 3.8) is 0 Å². The maximum absolute atomic E-state index is 13.0. The van der Waals surface area contributed by atoms with E-state index < -0.39 is 29.2 Å². The van der Waals surface area contributed by atoms with Crippen molar-refractivity contribution in [3.05, 3.63) is 64.8 Å². The summed E-state index contributed by atoms with van der Waals surface area (Å²) in [5.41, 5.74) is 3.49. The van der Waals surface area contributed by atoms with Gasteiger partial charge in [-0.15, -0.1) is 0 Å². The Balaban J connectivity index is 2.15. The van der Waals surface area contributed by atoms with Crippen LogP contribution in [-0.4, -0.2) is 9.78 Å². The lowest BCUT2D eigenvalue weighted by Gasteiger charge is -2.15. The van der Waals surface area contributed by atoms with Crippen LogP contribution in [0.3, 0.4) is 0 Å². The van der Waals surface area contributed by atoms with Gasteiger partial charge in [0.1, 0.15) is 5.82 Å². The van der Waals surface area contributed by atoms with Crippen molar-refractivity contribution in [1.29, 1.82) is 0 Å². The van der Waals surface area contributed by atoms with Crippen molar-refractivity contribution in [2.24, 2.45) is 0 Å². The maximum atomic E-state index is 13.0. The second kappa shape index (κ2) is 6.49. The summed E-state index contributed by atoms with van der Waals surface area (Å²) in [5, 5.41) is 4.31. The molecule has 0 spiro atoms. The van der Waals surface area contributed by atoms with Gasteiger partial charge in [-0.2, -0.15) is 31.4 Å². The zero-order valence-electron chi connectivity index (χ0n) is 13.2. The smallest absolute Gasteiger partial charge is 0.383 e. The molecular formula is C17H10ClF6N3. The van der Waals surface area contributed by atoms with E-state index in [1.807, 2.05) is 0 Å². The van der Waals surface area contributed by atoms with Gasteiger partial charge in [0.15, 0.2) is 0 Å². The molecule has 0 aliphatic carbocycles. The maximum Gasteiger partial charge on any atom is 0.416 e. The molecule has 0 saturated carbocycles. The Morgan fingerprint density at radius 3 is 1.85 bits per heavy atom. The standard InChI is InChI=1S/C17H10ClF6N3/c18-12-3-1-9(2-4-12)14-8-26-27(15(14)25)13-6-10(16(19,20)21)5-11(7-13)17(22,23)24/h1-8H,25H2. The van der Waals surface area contributed by atoms with Gasteiger partial charge in [-0.05, 0) is 35.9 Å². The fourth-order valence-electron chi connectivity index (χ4n) is 2.48. The summed E-state index contributed by atoms with van der Waals surface area (Å²) >= 11 is 5.80. The minimum atomic E-state index is -4.96. The van der Waals surface area contributed by atoms with Gasteiger partial charge in [-0.25, -0.2) is 4.68 Å².